The van der Waals surface area contributed by atoms with Crippen molar-refractivity contribution in [2.45, 2.75) is 51.5 Å². The topological polar surface area (TPSA) is 71.3 Å². The van der Waals surface area contributed by atoms with Crippen molar-refractivity contribution < 1.29 is 9.21 Å². The molecular formula is C18H24N4O2. The van der Waals surface area contributed by atoms with Gasteiger partial charge in [-0.25, -0.2) is 0 Å². The second-order valence-corrected chi connectivity index (χ2v) is 6.33. The van der Waals surface area contributed by atoms with Crippen LogP contribution in [0.5, 0.6) is 0 Å². The molecule has 0 aliphatic heterocycles. The summed E-state index contributed by atoms with van der Waals surface area (Å²) in [4.78, 5) is 14.6. The first-order valence-corrected chi connectivity index (χ1v) is 8.54. The summed E-state index contributed by atoms with van der Waals surface area (Å²) in [5, 5.41) is 10.7. The molecule has 0 unspecified atom stereocenters. The first-order valence-electron chi connectivity index (χ1n) is 8.54. The van der Waals surface area contributed by atoms with E-state index >= 15 is 0 Å². The number of carbonyl (C=O) groups excluding carboxylic acids is 1. The fourth-order valence-electron chi connectivity index (χ4n) is 3.25. The van der Waals surface area contributed by atoms with E-state index in [0.29, 0.717) is 30.7 Å². The molecule has 1 fully saturated rings. The Bertz CT molecular complexity index is 692. The van der Waals surface area contributed by atoms with Gasteiger partial charge in [-0.15, -0.1) is 10.2 Å². The van der Waals surface area contributed by atoms with E-state index in [1.165, 1.54) is 25.7 Å². The summed E-state index contributed by atoms with van der Waals surface area (Å²) < 4.78 is 5.30. The van der Waals surface area contributed by atoms with Crippen molar-refractivity contribution in [1.29, 1.82) is 0 Å². The van der Waals surface area contributed by atoms with Crippen LogP contribution in [-0.2, 0) is 11.2 Å². The molecule has 128 valence electrons. The van der Waals surface area contributed by atoms with E-state index in [-0.39, 0.29) is 5.91 Å². The third-order valence-corrected chi connectivity index (χ3v) is 4.56. The summed E-state index contributed by atoms with van der Waals surface area (Å²) in [7, 11) is 2.11. The molecule has 0 bridgehead atoms. The van der Waals surface area contributed by atoms with E-state index in [0.717, 1.165) is 11.4 Å². The molecule has 1 aliphatic carbocycles. The van der Waals surface area contributed by atoms with Crippen LogP contribution < -0.4 is 10.2 Å². The van der Waals surface area contributed by atoms with Crippen molar-refractivity contribution in [2.24, 2.45) is 0 Å². The van der Waals surface area contributed by atoms with Gasteiger partial charge in [0.15, 0.2) is 0 Å². The first kappa shape index (κ1) is 16.5. The van der Waals surface area contributed by atoms with Crippen LogP contribution in [-0.4, -0.2) is 29.2 Å². The molecule has 1 saturated carbocycles. The fourth-order valence-corrected chi connectivity index (χ4v) is 3.25. The summed E-state index contributed by atoms with van der Waals surface area (Å²) in [6.07, 6.45) is 5.78. The van der Waals surface area contributed by atoms with Gasteiger partial charge in [0.05, 0.1) is 11.4 Å². The lowest BCUT2D eigenvalue weighted by Crippen LogP contribution is -2.29. The maximum Gasteiger partial charge on any atom is 0.224 e. The normalized spacial score (nSPS) is 14.8. The molecule has 6 nitrogen and oxygen atoms in total. The minimum atomic E-state index is -0.0434. The average Bonchev–Trinajstić information content (AvgIpc) is 3.24. The zero-order valence-electron chi connectivity index (χ0n) is 14.3. The number of aryl methyl sites for hydroxylation is 2. The first-order chi connectivity index (χ1) is 11.6. The predicted molar refractivity (Wildman–Crippen MR) is 93.1 cm³/mol. The molecule has 0 radical (unpaired) electrons. The number of benzene rings is 1. The van der Waals surface area contributed by atoms with Gasteiger partial charge in [0, 0.05) is 32.9 Å². The zero-order valence-corrected chi connectivity index (χ0v) is 14.3. The number of hydrogen-bond acceptors (Lipinski definition) is 5. The van der Waals surface area contributed by atoms with E-state index in [9.17, 15) is 4.79 Å². The van der Waals surface area contributed by atoms with Crippen LogP contribution in [0, 0.1) is 6.92 Å². The summed E-state index contributed by atoms with van der Waals surface area (Å²) >= 11 is 0. The molecule has 0 spiro atoms. The Labute approximate surface area is 142 Å². The molecule has 0 atom stereocenters. The third-order valence-electron chi connectivity index (χ3n) is 4.56. The maximum absolute atomic E-state index is 12.3. The van der Waals surface area contributed by atoms with Crippen molar-refractivity contribution in [2.75, 3.05) is 17.3 Å². The van der Waals surface area contributed by atoms with Crippen LogP contribution in [0.1, 0.15) is 43.9 Å². The van der Waals surface area contributed by atoms with E-state index in [4.69, 9.17) is 4.42 Å². The molecule has 1 N–H and O–H groups in total. The maximum atomic E-state index is 12.3. The number of aromatic nitrogens is 2. The molecule has 1 amide bonds. The van der Waals surface area contributed by atoms with Crippen molar-refractivity contribution >= 4 is 17.3 Å². The van der Waals surface area contributed by atoms with Gasteiger partial charge in [0.1, 0.15) is 0 Å². The highest BCUT2D eigenvalue weighted by molar-refractivity contribution is 5.94. The van der Waals surface area contributed by atoms with Crippen LogP contribution in [0.3, 0.4) is 0 Å². The summed E-state index contributed by atoms with van der Waals surface area (Å²) in [5.41, 5.74) is 1.94. The third kappa shape index (κ3) is 3.93. The number of anilines is 2. The molecule has 1 heterocycles. The molecular weight excluding hydrogens is 304 g/mol. The Morgan fingerprint density at radius 2 is 2.04 bits per heavy atom. The van der Waals surface area contributed by atoms with Crippen LogP contribution in [0.15, 0.2) is 28.7 Å². The molecule has 1 aromatic carbocycles. The number of nitrogens with one attached hydrogen (secondary N) is 1. The predicted octanol–water partition coefficient (Wildman–Crippen LogP) is 3.33. The minimum absolute atomic E-state index is 0.0434. The van der Waals surface area contributed by atoms with Gasteiger partial charge in [-0.3, -0.25) is 4.79 Å². The van der Waals surface area contributed by atoms with Gasteiger partial charge in [0.25, 0.3) is 0 Å². The number of rotatable bonds is 6. The smallest absolute Gasteiger partial charge is 0.224 e. The lowest BCUT2D eigenvalue weighted by atomic mass is 10.1. The lowest BCUT2D eigenvalue weighted by molar-refractivity contribution is -0.116. The zero-order chi connectivity index (χ0) is 16.9. The Hall–Kier alpha value is -2.37. The Morgan fingerprint density at radius 3 is 2.75 bits per heavy atom. The number of nitrogens with zero attached hydrogens (tertiary/aromatic N) is 3. The number of para-hydroxylation sites is 2. The second kappa shape index (κ2) is 7.47. The van der Waals surface area contributed by atoms with Gasteiger partial charge in [-0.2, -0.15) is 0 Å². The lowest BCUT2D eigenvalue weighted by Gasteiger charge is -2.28. The molecule has 24 heavy (non-hydrogen) atoms. The largest absolute Gasteiger partial charge is 0.426 e. The van der Waals surface area contributed by atoms with Crippen molar-refractivity contribution in [3.05, 3.63) is 36.0 Å². The summed E-state index contributed by atoms with van der Waals surface area (Å²) in [6, 6.07) is 8.54. The monoisotopic (exact) mass is 328 g/mol. The molecule has 1 aliphatic rings. The highest BCUT2D eigenvalue weighted by atomic mass is 16.4. The minimum Gasteiger partial charge on any atom is -0.426 e. The van der Waals surface area contributed by atoms with Gasteiger partial charge in [0.2, 0.25) is 17.7 Å². The average molecular weight is 328 g/mol. The quantitative estimate of drug-likeness (QED) is 0.880. The molecule has 3 rings (SSSR count). The molecule has 2 aromatic rings. The van der Waals surface area contributed by atoms with Gasteiger partial charge in [-0.1, -0.05) is 25.0 Å². The number of amides is 1. The van der Waals surface area contributed by atoms with E-state index in [1.807, 2.05) is 18.2 Å². The molecule has 1 aromatic heterocycles. The summed E-state index contributed by atoms with van der Waals surface area (Å²) in [5.74, 6) is 0.978. The second-order valence-electron chi connectivity index (χ2n) is 6.33. The van der Waals surface area contributed by atoms with Gasteiger partial charge < -0.3 is 14.6 Å². The van der Waals surface area contributed by atoms with E-state index in [1.54, 1.807) is 6.92 Å². The fraction of sp³-hybridized carbons (Fsp3) is 0.500. The number of hydrogen-bond donors (Lipinski definition) is 1. The molecule has 6 heteroatoms. The van der Waals surface area contributed by atoms with Crippen molar-refractivity contribution in [1.82, 2.24) is 10.2 Å². The Kier molecular flexibility index (Phi) is 5.13. The summed E-state index contributed by atoms with van der Waals surface area (Å²) in [6.45, 7) is 1.74. The van der Waals surface area contributed by atoms with E-state index < -0.39 is 0 Å². The van der Waals surface area contributed by atoms with Crippen LogP contribution >= 0.6 is 0 Å². The highest BCUT2D eigenvalue weighted by Crippen LogP contribution is 2.31. The Morgan fingerprint density at radius 1 is 1.29 bits per heavy atom. The highest BCUT2D eigenvalue weighted by Gasteiger charge is 2.21. The van der Waals surface area contributed by atoms with E-state index in [2.05, 4.69) is 33.5 Å². The standard InChI is InChI=1S/C18H24N4O2/c1-13-20-21-18(24-13)12-11-17(23)19-15-9-5-6-10-16(15)22(2)14-7-3-4-8-14/h5-6,9-10,14H,3-4,7-8,11-12H2,1-2H3,(H,19,23). The van der Waals surface area contributed by atoms with Gasteiger partial charge >= 0.3 is 0 Å². The van der Waals surface area contributed by atoms with Crippen LogP contribution in [0.25, 0.3) is 0 Å². The number of carbonyl (C=O) groups is 1. The van der Waals surface area contributed by atoms with Crippen LogP contribution in [0.4, 0.5) is 11.4 Å². The van der Waals surface area contributed by atoms with Gasteiger partial charge in [-0.05, 0) is 25.0 Å². The van der Waals surface area contributed by atoms with Crippen molar-refractivity contribution in [3.63, 3.8) is 0 Å². The molecule has 0 saturated heterocycles. The Balaban J connectivity index is 1.62. The van der Waals surface area contributed by atoms with Crippen molar-refractivity contribution in [3.8, 4) is 0 Å². The SMILES string of the molecule is Cc1nnc(CCC(=O)Nc2ccccc2N(C)C2CCCC2)o1. The van der Waals surface area contributed by atoms with Crippen LogP contribution in [0.2, 0.25) is 0 Å².